The quantitative estimate of drug-likeness (QED) is 0.744. The number of sulfonamides is 1. The summed E-state index contributed by atoms with van der Waals surface area (Å²) in [6.45, 7) is 0.916. The molecule has 3 rings (SSSR count). The van der Waals surface area contributed by atoms with Gasteiger partial charge in [0, 0.05) is 47.2 Å². The molecule has 0 amide bonds. The SMILES string of the molecule is O=S(=O)(c1cccc2cncc(S)c12)N1CCC(NS)C1. The molecule has 112 valence electrons. The van der Waals surface area contributed by atoms with Gasteiger partial charge in [0.1, 0.15) is 0 Å². The molecule has 1 atom stereocenters. The monoisotopic (exact) mass is 341 g/mol. The van der Waals surface area contributed by atoms with Gasteiger partial charge in [-0.1, -0.05) is 24.9 Å². The van der Waals surface area contributed by atoms with E-state index in [1.54, 1.807) is 24.5 Å². The number of rotatable bonds is 3. The summed E-state index contributed by atoms with van der Waals surface area (Å²) in [7, 11) is -3.55. The summed E-state index contributed by atoms with van der Waals surface area (Å²) in [4.78, 5) is 4.90. The number of aromatic nitrogens is 1. The largest absolute Gasteiger partial charge is 0.263 e. The fraction of sp³-hybridized carbons (Fsp3) is 0.308. The Balaban J connectivity index is 2.12. The van der Waals surface area contributed by atoms with E-state index in [-0.39, 0.29) is 10.9 Å². The lowest BCUT2D eigenvalue weighted by molar-refractivity contribution is 0.471. The van der Waals surface area contributed by atoms with Crippen LogP contribution in [-0.2, 0) is 10.0 Å². The Kier molecular flexibility index (Phi) is 4.15. The van der Waals surface area contributed by atoms with Crippen LogP contribution in [0.3, 0.4) is 0 Å². The van der Waals surface area contributed by atoms with E-state index in [4.69, 9.17) is 0 Å². The van der Waals surface area contributed by atoms with Gasteiger partial charge in [-0.05, 0) is 12.5 Å². The molecule has 2 heterocycles. The number of benzene rings is 1. The van der Waals surface area contributed by atoms with E-state index in [0.29, 0.717) is 23.4 Å². The first-order valence-corrected chi connectivity index (χ1v) is 8.83. The Hall–Kier alpha value is -0.800. The average Bonchev–Trinajstić information content (AvgIpc) is 2.97. The molecule has 1 aromatic heterocycles. The van der Waals surface area contributed by atoms with E-state index < -0.39 is 10.0 Å². The van der Waals surface area contributed by atoms with Crippen molar-refractivity contribution in [3.05, 3.63) is 30.6 Å². The van der Waals surface area contributed by atoms with Crippen LogP contribution < -0.4 is 4.72 Å². The predicted molar refractivity (Wildman–Crippen MR) is 88.3 cm³/mol. The molecule has 2 aromatic rings. The molecule has 0 bridgehead atoms. The molecule has 1 aromatic carbocycles. The zero-order chi connectivity index (χ0) is 15.0. The van der Waals surface area contributed by atoms with Crippen LogP contribution in [0, 0.1) is 0 Å². The second-order valence-electron chi connectivity index (χ2n) is 4.99. The van der Waals surface area contributed by atoms with Gasteiger partial charge in [0.25, 0.3) is 0 Å². The van der Waals surface area contributed by atoms with Gasteiger partial charge in [-0.15, -0.1) is 12.6 Å². The van der Waals surface area contributed by atoms with Crippen LogP contribution in [0.4, 0.5) is 0 Å². The minimum Gasteiger partial charge on any atom is -0.263 e. The van der Waals surface area contributed by atoms with Crippen molar-refractivity contribution >= 4 is 46.2 Å². The van der Waals surface area contributed by atoms with Crippen LogP contribution in [0.15, 0.2) is 40.4 Å². The van der Waals surface area contributed by atoms with E-state index in [1.807, 2.05) is 6.07 Å². The maximum absolute atomic E-state index is 12.9. The lowest BCUT2D eigenvalue weighted by Gasteiger charge is -2.18. The van der Waals surface area contributed by atoms with Crippen molar-refractivity contribution in [1.82, 2.24) is 14.0 Å². The first-order valence-electron chi connectivity index (χ1n) is 6.49. The smallest absolute Gasteiger partial charge is 0.243 e. The van der Waals surface area contributed by atoms with Crippen LogP contribution in [0.25, 0.3) is 10.8 Å². The second kappa shape index (κ2) is 5.77. The second-order valence-corrected chi connectivity index (χ2v) is 7.64. The number of thiol groups is 2. The van der Waals surface area contributed by atoms with Gasteiger partial charge in [-0.25, -0.2) is 8.42 Å². The van der Waals surface area contributed by atoms with E-state index in [0.717, 1.165) is 11.8 Å². The van der Waals surface area contributed by atoms with E-state index in [1.165, 1.54) is 4.31 Å². The lowest BCUT2D eigenvalue weighted by atomic mass is 10.2. The minimum atomic E-state index is -3.55. The number of nitrogens with one attached hydrogen (secondary N) is 1. The van der Waals surface area contributed by atoms with Gasteiger partial charge in [-0.2, -0.15) is 4.31 Å². The van der Waals surface area contributed by atoms with Crippen LogP contribution >= 0.6 is 25.4 Å². The molecule has 0 radical (unpaired) electrons. The summed E-state index contributed by atoms with van der Waals surface area (Å²) in [6, 6.07) is 5.27. The molecule has 0 spiro atoms. The van der Waals surface area contributed by atoms with Gasteiger partial charge >= 0.3 is 0 Å². The minimum absolute atomic E-state index is 0.0789. The normalized spacial score (nSPS) is 20.2. The van der Waals surface area contributed by atoms with Crippen molar-refractivity contribution in [3.8, 4) is 0 Å². The lowest BCUT2D eigenvalue weighted by Crippen LogP contribution is -2.32. The number of hydrogen-bond donors (Lipinski definition) is 3. The molecular formula is C13H15N3O2S3. The van der Waals surface area contributed by atoms with E-state index >= 15 is 0 Å². The average molecular weight is 341 g/mol. The third kappa shape index (κ3) is 2.66. The van der Waals surface area contributed by atoms with Gasteiger partial charge in [-0.3, -0.25) is 9.71 Å². The van der Waals surface area contributed by atoms with Gasteiger partial charge in [0.15, 0.2) is 0 Å². The molecule has 1 fully saturated rings. The summed E-state index contributed by atoms with van der Waals surface area (Å²) in [5.41, 5.74) is 0. The van der Waals surface area contributed by atoms with Crippen molar-refractivity contribution in [2.75, 3.05) is 13.1 Å². The molecule has 0 aliphatic carbocycles. The van der Waals surface area contributed by atoms with Crippen molar-refractivity contribution in [1.29, 1.82) is 0 Å². The first kappa shape index (κ1) is 15.1. The standard InChI is InChI=1S/C13H15N3O2S3/c17-21(18,16-5-4-10(8-16)15-20)12-3-1-2-9-6-14-7-11(19)13(9)12/h1-3,6-7,10,15,19-20H,4-5,8H2. The maximum Gasteiger partial charge on any atom is 0.243 e. The Bertz CT molecular complexity index is 774. The molecule has 0 saturated carbocycles. The molecule has 1 N–H and O–H groups in total. The highest BCUT2D eigenvalue weighted by Gasteiger charge is 2.33. The Morgan fingerprint density at radius 1 is 1.33 bits per heavy atom. The highest BCUT2D eigenvalue weighted by Crippen LogP contribution is 2.31. The highest BCUT2D eigenvalue weighted by atomic mass is 32.2. The van der Waals surface area contributed by atoms with E-state index in [9.17, 15) is 8.42 Å². The predicted octanol–water partition coefficient (Wildman–Crippen LogP) is 1.72. The third-order valence-electron chi connectivity index (χ3n) is 3.68. The summed E-state index contributed by atoms with van der Waals surface area (Å²) < 4.78 is 30.1. The third-order valence-corrected chi connectivity index (χ3v) is 6.29. The van der Waals surface area contributed by atoms with E-state index in [2.05, 4.69) is 35.1 Å². The maximum atomic E-state index is 12.9. The zero-order valence-corrected chi connectivity index (χ0v) is 13.7. The molecule has 8 heteroatoms. The number of nitrogens with zero attached hydrogens (tertiary/aromatic N) is 2. The van der Waals surface area contributed by atoms with Gasteiger partial charge < -0.3 is 0 Å². The molecule has 1 unspecified atom stereocenters. The summed E-state index contributed by atoms with van der Waals surface area (Å²) >= 11 is 8.38. The Labute approximate surface area is 134 Å². The Morgan fingerprint density at radius 2 is 2.14 bits per heavy atom. The number of fused-ring (bicyclic) bond motifs is 1. The summed E-state index contributed by atoms with van der Waals surface area (Å²) in [5.74, 6) is 0. The molecular weight excluding hydrogens is 326 g/mol. The highest BCUT2D eigenvalue weighted by molar-refractivity contribution is 7.89. The summed E-state index contributed by atoms with van der Waals surface area (Å²) in [5, 5.41) is 1.39. The molecule has 1 saturated heterocycles. The van der Waals surface area contributed by atoms with Crippen molar-refractivity contribution in [2.45, 2.75) is 22.3 Å². The van der Waals surface area contributed by atoms with Crippen LogP contribution in [0.2, 0.25) is 0 Å². The molecule has 21 heavy (non-hydrogen) atoms. The number of hydrogen-bond acceptors (Lipinski definition) is 6. The Morgan fingerprint density at radius 3 is 2.86 bits per heavy atom. The fourth-order valence-electron chi connectivity index (χ4n) is 2.59. The fourth-order valence-corrected chi connectivity index (χ4v) is 4.93. The first-order chi connectivity index (χ1) is 10.0. The molecule has 5 nitrogen and oxygen atoms in total. The van der Waals surface area contributed by atoms with Gasteiger partial charge in [0.2, 0.25) is 10.0 Å². The zero-order valence-electron chi connectivity index (χ0n) is 11.1. The molecule has 1 aliphatic heterocycles. The molecule has 1 aliphatic rings. The van der Waals surface area contributed by atoms with Gasteiger partial charge in [0.05, 0.1) is 4.90 Å². The topological polar surface area (TPSA) is 62.3 Å². The van der Waals surface area contributed by atoms with Crippen LogP contribution in [0.1, 0.15) is 6.42 Å². The van der Waals surface area contributed by atoms with Crippen LogP contribution in [-0.4, -0.2) is 36.8 Å². The van der Waals surface area contributed by atoms with Crippen molar-refractivity contribution < 1.29 is 8.42 Å². The summed E-state index contributed by atoms with van der Waals surface area (Å²) in [6.07, 6.45) is 3.96. The van der Waals surface area contributed by atoms with Crippen molar-refractivity contribution in [2.24, 2.45) is 0 Å². The number of pyridine rings is 1. The van der Waals surface area contributed by atoms with Crippen LogP contribution in [0.5, 0.6) is 0 Å². The van der Waals surface area contributed by atoms with Crippen molar-refractivity contribution in [3.63, 3.8) is 0 Å².